The number of halogens is 2. The van der Waals surface area contributed by atoms with Gasteiger partial charge in [0.1, 0.15) is 11.6 Å². The number of anilines is 1. The van der Waals surface area contributed by atoms with Gasteiger partial charge < -0.3 is 15.3 Å². The molecular weight excluding hydrogens is 338 g/mol. The molecule has 0 saturated carbocycles. The third-order valence-corrected chi connectivity index (χ3v) is 4.51. The van der Waals surface area contributed by atoms with Crippen molar-refractivity contribution in [3.63, 3.8) is 0 Å². The monoisotopic (exact) mass is 360 g/mol. The van der Waals surface area contributed by atoms with Crippen LogP contribution < -0.4 is 5.32 Å². The van der Waals surface area contributed by atoms with Crippen molar-refractivity contribution >= 4 is 11.9 Å². The number of piperidine rings is 1. The van der Waals surface area contributed by atoms with Crippen molar-refractivity contribution < 1.29 is 13.9 Å². The third-order valence-electron chi connectivity index (χ3n) is 4.51. The minimum atomic E-state index is -1.81. The predicted molar refractivity (Wildman–Crippen MR) is 98.2 cm³/mol. The molecule has 26 heavy (non-hydrogen) atoms. The molecule has 1 atom stereocenters. The standard InChI is InChI=1S/C19H22F2N4O/c1-12-8-18(22-14-4-3-7-25(2)11-14)23-24-19(12)15-6-5-13(9-16(15)26)10-17(20)21/h5-6,8-10,14,26H,3-4,7,11H2,1-2H3,(H,22,23)/t14-/m1/s1. The molecule has 0 radical (unpaired) electrons. The smallest absolute Gasteiger partial charge is 0.270 e. The Balaban J connectivity index is 1.80. The number of benzene rings is 1. The summed E-state index contributed by atoms with van der Waals surface area (Å²) in [5.41, 5.74) is 2.08. The minimum Gasteiger partial charge on any atom is -0.507 e. The normalized spacial score (nSPS) is 17.8. The summed E-state index contributed by atoms with van der Waals surface area (Å²) in [6.07, 6.45) is 1.13. The van der Waals surface area contributed by atoms with Crippen molar-refractivity contribution in [1.29, 1.82) is 0 Å². The minimum absolute atomic E-state index is 0.105. The van der Waals surface area contributed by atoms with Crippen molar-refractivity contribution in [2.45, 2.75) is 25.8 Å². The van der Waals surface area contributed by atoms with Gasteiger partial charge in [0.2, 0.25) is 0 Å². The molecule has 3 rings (SSSR count). The lowest BCUT2D eigenvalue weighted by atomic mass is 10.0. The molecule has 138 valence electrons. The van der Waals surface area contributed by atoms with Crippen LogP contribution in [0.2, 0.25) is 0 Å². The predicted octanol–water partition coefficient (Wildman–Crippen LogP) is 3.90. The molecule has 1 aromatic heterocycles. The Labute approximate surface area is 151 Å². The Morgan fingerprint density at radius 1 is 1.31 bits per heavy atom. The Hall–Kier alpha value is -2.54. The molecule has 0 bridgehead atoms. The second kappa shape index (κ2) is 7.78. The van der Waals surface area contributed by atoms with Crippen LogP contribution in [0.25, 0.3) is 17.3 Å². The van der Waals surface area contributed by atoms with Crippen LogP contribution in [-0.2, 0) is 0 Å². The van der Waals surface area contributed by atoms with Gasteiger partial charge in [-0.3, -0.25) is 0 Å². The molecule has 0 spiro atoms. The van der Waals surface area contributed by atoms with E-state index in [1.165, 1.54) is 12.1 Å². The second-order valence-corrected chi connectivity index (χ2v) is 6.72. The fourth-order valence-corrected chi connectivity index (χ4v) is 3.28. The fraction of sp³-hybridized carbons (Fsp3) is 0.368. The van der Waals surface area contributed by atoms with Crippen LogP contribution in [0.3, 0.4) is 0 Å². The summed E-state index contributed by atoms with van der Waals surface area (Å²) in [5, 5.41) is 22.0. The summed E-state index contributed by atoms with van der Waals surface area (Å²) in [6, 6.07) is 6.61. The molecule has 1 fully saturated rings. The average molecular weight is 360 g/mol. The number of nitrogens with one attached hydrogen (secondary N) is 1. The molecule has 1 saturated heterocycles. The summed E-state index contributed by atoms with van der Waals surface area (Å²) >= 11 is 0. The molecule has 1 aliphatic rings. The number of likely N-dealkylation sites (tertiary alicyclic amines) is 1. The van der Waals surface area contributed by atoms with Crippen molar-refractivity contribution in [2.75, 3.05) is 25.5 Å². The van der Waals surface area contributed by atoms with Crippen LogP contribution in [0.4, 0.5) is 14.6 Å². The molecule has 0 aliphatic carbocycles. The lowest BCUT2D eigenvalue weighted by Crippen LogP contribution is -2.39. The Bertz CT molecular complexity index is 821. The van der Waals surface area contributed by atoms with Crippen molar-refractivity contribution in [3.8, 4) is 17.0 Å². The van der Waals surface area contributed by atoms with Crippen LogP contribution >= 0.6 is 0 Å². The van der Waals surface area contributed by atoms with E-state index in [0.29, 0.717) is 29.2 Å². The Morgan fingerprint density at radius 2 is 2.12 bits per heavy atom. The van der Waals surface area contributed by atoms with Gasteiger partial charge in [-0.15, -0.1) is 10.2 Å². The Kier molecular flexibility index (Phi) is 5.46. The third kappa shape index (κ3) is 4.35. The highest BCUT2D eigenvalue weighted by atomic mass is 19.3. The van der Waals surface area contributed by atoms with E-state index in [0.717, 1.165) is 31.5 Å². The van der Waals surface area contributed by atoms with Crippen molar-refractivity contribution in [3.05, 3.63) is 41.5 Å². The van der Waals surface area contributed by atoms with Gasteiger partial charge in [-0.2, -0.15) is 8.78 Å². The van der Waals surface area contributed by atoms with E-state index in [-0.39, 0.29) is 11.3 Å². The van der Waals surface area contributed by atoms with Crippen molar-refractivity contribution in [1.82, 2.24) is 15.1 Å². The zero-order valence-corrected chi connectivity index (χ0v) is 14.8. The van der Waals surface area contributed by atoms with E-state index < -0.39 is 6.08 Å². The first-order valence-electron chi connectivity index (χ1n) is 8.58. The quantitative estimate of drug-likeness (QED) is 0.866. The summed E-state index contributed by atoms with van der Waals surface area (Å²) in [6.45, 7) is 3.96. The molecule has 2 heterocycles. The maximum Gasteiger partial charge on any atom is 0.270 e. The highest BCUT2D eigenvalue weighted by Gasteiger charge is 2.18. The number of hydrogen-bond acceptors (Lipinski definition) is 5. The molecule has 1 aliphatic heterocycles. The Morgan fingerprint density at radius 3 is 2.77 bits per heavy atom. The van der Waals surface area contributed by atoms with Gasteiger partial charge in [-0.05, 0) is 62.7 Å². The van der Waals surface area contributed by atoms with Gasteiger partial charge in [0, 0.05) is 24.2 Å². The number of nitrogens with zero attached hydrogens (tertiary/aromatic N) is 3. The molecular formula is C19H22F2N4O. The lowest BCUT2D eigenvalue weighted by molar-refractivity contribution is 0.260. The van der Waals surface area contributed by atoms with Crippen LogP contribution in [0, 0.1) is 6.92 Å². The zero-order valence-electron chi connectivity index (χ0n) is 14.8. The van der Waals surface area contributed by atoms with Crippen molar-refractivity contribution in [2.24, 2.45) is 0 Å². The summed E-state index contributed by atoms with van der Waals surface area (Å²) in [4.78, 5) is 2.28. The first kappa shape index (κ1) is 18.3. The zero-order chi connectivity index (χ0) is 18.7. The SMILES string of the molecule is Cc1cc(N[C@@H]2CCCN(C)C2)nnc1-c1ccc(C=C(F)F)cc1O. The second-order valence-electron chi connectivity index (χ2n) is 6.72. The van der Waals surface area contributed by atoms with Gasteiger partial charge in [-0.1, -0.05) is 6.07 Å². The van der Waals surface area contributed by atoms with Gasteiger partial charge in [-0.25, -0.2) is 0 Å². The largest absolute Gasteiger partial charge is 0.507 e. The number of phenols is 1. The number of aryl methyl sites for hydroxylation is 1. The molecule has 5 nitrogen and oxygen atoms in total. The highest BCUT2D eigenvalue weighted by Crippen LogP contribution is 2.32. The van der Waals surface area contributed by atoms with E-state index in [4.69, 9.17) is 0 Å². The number of aromatic hydroxyl groups is 1. The number of aromatic nitrogens is 2. The summed E-state index contributed by atoms with van der Waals surface area (Å²) < 4.78 is 24.7. The van der Waals surface area contributed by atoms with Gasteiger partial charge in [0.05, 0.1) is 5.69 Å². The molecule has 7 heteroatoms. The summed E-state index contributed by atoms with van der Waals surface area (Å²) in [7, 11) is 2.10. The number of rotatable bonds is 4. The first-order chi connectivity index (χ1) is 12.4. The fourth-order valence-electron chi connectivity index (χ4n) is 3.28. The molecule has 1 aromatic carbocycles. The van der Waals surface area contributed by atoms with Crippen LogP contribution in [0.5, 0.6) is 5.75 Å². The van der Waals surface area contributed by atoms with Crippen LogP contribution in [-0.4, -0.2) is 46.4 Å². The lowest BCUT2D eigenvalue weighted by Gasteiger charge is -2.30. The highest BCUT2D eigenvalue weighted by molar-refractivity contribution is 5.72. The van der Waals surface area contributed by atoms with Gasteiger partial charge in [0.25, 0.3) is 6.08 Å². The van der Waals surface area contributed by atoms with Crippen LogP contribution in [0.1, 0.15) is 24.0 Å². The average Bonchev–Trinajstić information content (AvgIpc) is 2.55. The van der Waals surface area contributed by atoms with Crippen LogP contribution in [0.15, 0.2) is 30.3 Å². The maximum absolute atomic E-state index is 12.3. The topological polar surface area (TPSA) is 61.3 Å². The van der Waals surface area contributed by atoms with E-state index >= 15 is 0 Å². The first-order valence-corrected chi connectivity index (χ1v) is 8.58. The van der Waals surface area contributed by atoms with E-state index in [1.807, 2.05) is 13.0 Å². The number of phenolic OH excluding ortho intramolecular Hbond substituents is 1. The van der Waals surface area contributed by atoms with E-state index in [2.05, 4.69) is 27.5 Å². The molecule has 2 N–H and O–H groups in total. The molecule has 0 unspecified atom stereocenters. The van der Waals surface area contributed by atoms with Gasteiger partial charge in [0.15, 0.2) is 0 Å². The summed E-state index contributed by atoms with van der Waals surface area (Å²) in [5.74, 6) is 0.595. The maximum atomic E-state index is 12.3. The van der Waals surface area contributed by atoms with E-state index in [1.54, 1.807) is 6.07 Å². The molecule has 0 amide bonds. The van der Waals surface area contributed by atoms with E-state index in [9.17, 15) is 13.9 Å². The number of hydrogen-bond donors (Lipinski definition) is 2. The number of likely N-dealkylation sites (N-methyl/N-ethyl adjacent to an activating group) is 1. The van der Waals surface area contributed by atoms with Gasteiger partial charge >= 0.3 is 0 Å². The molecule has 2 aromatic rings.